The van der Waals surface area contributed by atoms with E-state index in [-0.39, 0.29) is 37.6 Å². The van der Waals surface area contributed by atoms with Gasteiger partial charge in [-0.1, -0.05) is 27.7 Å². The first-order valence-electron chi connectivity index (χ1n) is 13.6. The van der Waals surface area contributed by atoms with E-state index < -0.39 is 66.0 Å². The number of amides is 3. The van der Waals surface area contributed by atoms with Gasteiger partial charge >= 0.3 is 11.9 Å². The largest absolute Gasteiger partial charge is 0.391 e. The quantitative estimate of drug-likeness (QED) is 0.123. The summed E-state index contributed by atoms with van der Waals surface area (Å²) in [5.41, 5.74) is 12.4. The molecule has 1 aliphatic heterocycles. The summed E-state index contributed by atoms with van der Waals surface area (Å²) in [6.07, 6.45) is 2.79. The molecule has 2 rings (SSSR count). The highest BCUT2D eigenvalue weighted by Crippen LogP contribution is 2.21. The molecule has 6 atom stereocenters. The number of carbonyl (C=O) groups excluding carboxylic acids is 5. The van der Waals surface area contributed by atoms with Crippen LogP contribution in [0.5, 0.6) is 0 Å². The molecule has 0 aromatic carbocycles. The molecule has 1 aromatic rings. The summed E-state index contributed by atoms with van der Waals surface area (Å²) >= 11 is 0. The monoisotopic (exact) mass is 565 g/mol. The van der Waals surface area contributed by atoms with E-state index in [1.165, 1.54) is 18.2 Å². The number of nitrogens with zero attached hydrogens (tertiary/aromatic N) is 2. The standard InChI is InChI=1S/C26H43N7O7/c1-13(2)9-18(31-22(35)17(27)10-16-11-29-12-30-16)23(36)32-21(15(5)34)24(37)33-8-6-7-19(33)25(38)40-26(39)20(28)14(3)4/h11-15,17-21,34H,6-10,27-28H2,1-5H3,(H,29,30)(H,31,35)(H,32,36)/t15-,17+,18+,19+,20+,21+/m1/s1. The van der Waals surface area contributed by atoms with E-state index in [4.69, 9.17) is 16.2 Å². The Morgan fingerprint density at radius 2 is 1.80 bits per heavy atom. The van der Waals surface area contributed by atoms with Gasteiger partial charge in [0, 0.05) is 24.9 Å². The molecule has 1 aromatic heterocycles. The number of aliphatic hydroxyl groups excluding tert-OH is 1. The molecule has 14 nitrogen and oxygen atoms in total. The Labute approximate surface area is 234 Å². The molecule has 0 unspecified atom stereocenters. The normalized spacial score (nSPS) is 19.1. The third-order valence-corrected chi connectivity index (χ3v) is 6.72. The number of carbonyl (C=O) groups is 5. The third kappa shape index (κ3) is 9.10. The lowest BCUT2D eigenvalue weighted by molar-refractivity contribution is -0.166. The number of aromatic nitrogens is 2. The van der Waals surface area contributed by atoms with Crippen molar-refractivity contribution in [3.8, 4) is 0 Å². The Balaban J connectivity index is 2.12. The van der Waals surface area contributed by atoms with Crippen LogP contribution in [0.2, 0.25) is 0 Å². The fourth-order valence-electron chi connectivity index (χ4n) is 4.31. The molecule has 8 N–H and O–H groups in total. The number of esters is 2. The smallest absolute Gasteiger partial charge is 0.336 e. The number of imidazole rings is 1. The second-order valence-electron chi connectivity index (χ2n) is 11.0. The van der Waals surface area contributed by atoms with Gasteiger partial charge in [-0.15, -0.1) is 0 Å². The summed E-state index contributed by atoms with van der Waals surface area (Å²) in [5, 5.41) is 15.6. The molecule has 224 valence electrons. The number of H-pyrrole nitrogens is 1. The van der Waals surface area contributed by atoms with Gasteiger partial charge in [-0.3, -0.25) is 14.4 Å². The fourth-order valence-corrected chi connectivity index (χ4v) is 4.31. The maximum absolute atomic E-state index is 13.4. The van der Waals surface area contributed by atoms with Crippen molar-refractivity contribution in [3.63, 3.8) is 0 Å². The fraction of sp³-hybridized carbons (Fsp3) is 0.692. The molecule has 3 amide bonds. The number of likely N-dealkylation sites (tertiary alicyclic amines) is 1. The van der Waals surface area contributed by atoms with E-state index in [9.17, 15) is 29.1 Å². The summed E-state index contributed by atoms with van der Waals surface area (Å²) in [6, 6.07) is -5.48. The third-order valence-electron chi connectivity index (χ3n) is 6.72. The van der Waals surface area contributed by atoms with Gasteiger partial charge in [-0.25, -0.2) is 14.6 Å². The average molecular weight is 566 g/mol. The second kappa shape index (κ2) is 14.9. The van der Waals surface area contributed by atoms with Gasteiger partial charge in [0.15, 0.2) is 0 Å². The Kier molecular flexibility index (Phi) is 12.2. The maximum Gasteiger partial charge on any atom is 0.336 e. The Morgan fingerprint density at radius 1 is 1.12 bits per heavy atom. The van der Waals surface area contributed by atoms with Crippen molar-refractivity contribution in [3.05, 3.63) is 18.2 Å². The van der Waals surface area contributed by atoms with Gasteiger partial charge < -0.3 is 41.8 Å². The Hall–Kier alpha value is -3.36. The van der Waals surface area contributed by atoms with Gasteiger partial charge in [0.1, 0.15) is 24.2 Å². The second-order valence-corrected chi connectivity index (χ2v) is 11.0. The predicted molar refractivity (Wildman–Crippen MR) is 144 cm³/mol. The van der Waals surface area contributed by atoms with Crippen LogP contribution in [0.3, 0.4) is 0 Å². The summed E-state index contributed by atoms with van der Waals surface area (Å²) in [4.78, 5) is 72.3. The summed E-state index contributed by atoms with van der Waals surface area (Å²) in [5.74, 6) is -4.04. The summed E-state index contributed by atoms with van der Waals surface area (Å²) in [6.45, 7) is 8.63. The minimum atomic E-state index is -1.42. The van der Waals surface area contributed by atoms with Gasteiger partial charge in [0.25, 0.3) is 0 Å². The van der Waals surface area contributed by atoms with Crippen LogP contribution in [0, 0.1) is 11.8 Å². The molecule has 0 spiro atoms. The molecule has 2 heterocycles. The maximum atomic E-state index is 13.4. The molecule has 1 saturated heterocycles. The molecular weight excluding hydrogens is 522 g/mol. The molecule has 0 saturated carbocycles. The topological polar surface area (TPSA) is 223 Å². The van der Waals surface area contributed by atoms with Crippen molar-refractivity contribution < 1.29 is 33.8 Å². The van der Waals surface area contributed by atoms with Crippen LogP contribution in [0.4, 0.5) is 0 Å². The highest BCUT2D eigenvalue weighted by molar-refractivity contribution is 5.96. The van der Waals surface area contributed by atoms with Gasteiger partial charge in [-0.05, 0) is 38.0 Å². The number of hydrogen-bond donors (Lipinski definition) is 6. The average Bonchev–Trinajstić information content (AvgIpc) is 3.57. The molecule has 0 aliphatic carbocycles. The van der Waals surface area contributed by atoms with Crippen LogP contribution < -0.4 is 22.1 Å². The number of nitrogens with one attached hydrogen (secondary N) is 3. The van der Waals surface area contributed by atoms with Crippen molar-refractivity contribution in [2.24, 2.45) is 23.3 Å². The number of ether oxygens (including phenoxy) is 1. The summed E-state index contributed by atoms with van der Waals surface area (Å²) < 4.78 is 4.93. The molecule has 0 radical (unpaired) electrons. The van der Waals surface area contributed by atoms with Crippen LogP contribution in [0.25, 0.3) is 0 Å². The number of aromatic amines is 1. The number of rotatable bonds is 13. The van der Waals surface area contributed by atoms with Gasteiger partial charge in [0.05, 0.1) is 18.5 Å². The zero-order chi connectivity index (χ0) is 30.1. The Morgan fingerprint density at radius 3 is 2.35 bits per heavy atom. The molecule has 1 aliphatic rings. The van der Waals surface area contributed by atoms with Crippen molar-refractivity contribution in [1.29, 1.82) is 0 Å². The van der Waals surface area contributed by atoms with E-state index in [1.807, 2.05) is 13.8 Å². The van der Waals surface area contributed by atoms with Gasteiger partial charge in [0.2, 0.25) is 17.7 Å². The Bertz CT molecular complexity index is 1030. The predicted octanol–water partition coefficient (Wildman–Crippen LogP) is -1.28. The minimum Gasteiger partial charge on any atom is -0.391 e. The van der Waals surface area contributed by atoms with Crippen LogP contribution in [-0.4, -0.2) is 92.5 Å². The van der Waals surface area contributed by atoms with Crippen LogP contribution in [-0.2, 0) is 35.1 Å². The SMILES string of the molecule is CC(C)C[C@H](NC(=O)[C@@H](N)Cc1cnc[nH]1)C(=O)N[C@H](C(=O)N1CCC[C@H]1C(=O)OC(=O)[C@@H](N)C(C)C)[C@@H](C)O. The number of hydrogen-bond acceptors (Lipinski definition) is 10. The highest BCUT2D eigenvalue weighted by atomic mass is 16.6. The summed E-state index contributed by atoms with van der Waals surface area (Å²) in [7, 11) is 0. The lowest BCUT2D eigenvalue weighted by Crippen LogP contribution is -2.60. The lowest BCUT2D eigenvalue weighted by Gasteiger charge is -2.31. The molecule has 14 heteroatoms. The number of aliphatic hydroxyl groups is 1. The number of nitrogens with two attached hydrogens (primary N) is 2. The van der Waals surface area contributed by atoms with Crippen molar-refractivity contribution in [2.45, 2.75) is 96.6 Å². The highest BCUT2D eigenvalue weighted by Gasteiger charge is 2.41. The van der Waals surface area contributed by atoms with Crippen LogP contribution in [0.1, 0.15) is 59.6 Å². The van der Waals surface area contributed by atoms with Gasteiger partial charge in [-0.2, -0.15) is 0 Å². The first-order chi connectivity index (χ1) is 18.7. The van der Waals surface area contributed by atoms with E-state index in [0.717, 1.165) is 0 Å². The van der Waals surface area contributed by atoms with Crippen molar-refractivity contribution in [1.82, 2.24) is 25.5 Å². The molecule has 1 fully saturated rings. The first kappa shape index (κ1) is 32.8. The van der Waals surface area contributed by atoms with Crippen LogP contribution in [0.15, 0.2) is 12.5 Å². The molecular formula is C26H43N7O7. The van der Waals surface area contributed by atoms with Crippen molar-refractivity contribution >= 4 is 29.7 Å². The lowest BCUT2D eigenvalue weighted by atomic mass is 10.0. The van der Waals surface area contributed by atoms with E-state index in [2.05, 4.69) is 20.6 Å². The van der Waals surface area contributed by atoms with E-state index in [0.29, 0.717) is 12.1 Å². The first-order valence-corrected chi connectivity index (χ1v) is 13.6. The van der Waals surface area contributed by atoms with E-state index >= 15 is 0 Å². The van der Waals surface area contributed by atoms with Crippen molar-refractivity contribution in [2.75, 3.05) is 6.54 Å². The van der Waals surface area contributed by atoms with Crippen LogP contribution >= 0.6 is 0 Å². The van der Waals surface area contributed by atoms with E-state index in [1.54, 1.807) is 20.0 Å². The zero-order valence-electron chi connectivity index (χ0n) is 23.8. The zero-order valence-corrected chi connectivity index (χ0v) is 23.8. The molecule has 40 heavy (non-hydrogen) atoms. The minimum absolute atomic E-state index is 0.00642. The molecule has 0 bridgehead atoms.